The first-order chi connectivity index (χ1) is 15.3. The molecule has 3 aromatic carbocycles. The molecule has 1 amide bonds. The van der Waals surface area contributed by atoms with Gasteiger partial charge in [-0.15, -0.1) is 0 Å². The van der Waals surface area contributed by atoms with Gasteiger partial charge >= 0.3 is 6.18 Å². The van der Waals surface area contributed by atoms with Crippen LogP contribution in [-0.4, -0.2) is 41.9 Å². The molecule has 0 bridgehead atoms. The predicted molar refractivity (Wildman–Crippen MR) is 119 cm³/mol. The number of piperazine rings is 1. The SMILES string of the molecule is O=C(c1ccccc1C(F)(F)F)N1CCN([C@H](c2ccccc2)c2ccc(Cl)cc2)CC1. The van der Waals surface area contributed by atoms with Gasteiger partial charge in [-0.05, 0) is 35.4 Å². The summed E-state index contributed by atoms with van der Waals surface area (Å²) in [6.45, 7) is 1.79. The van der Waals surface area contributed by atoms with Crippen molar-refractivity contribution in [1.29, 1.82) is 0 Å². The Morgan fingerprint density at radius 1 is 0.781 bits per heavy atom. The Labute approximate surface area is 190 Å². The lowest BCUT2D eigenvalue weighted by molar-refractivity contribution is -0.138. The van der Waals surface area contributed by atoms with Crippen molar-refractivity contribution in [3.8, 4) is 0 Å². The molecule has 3 nitrogen and oxygen atoms in total. The molecule has 1 aliphatic rings. The van der Waals surface area contributed by atoms with Crippen molar-refractivity contribution in [2.45, 2.75) is 12.2 Å². The number of halogens is 4. The van der Waals surface area contributed by atoms with Gasteiger partial charge in [0.1, 0.15) is 0 Å². The molecule has 32 heavy (non-hydrogen) atoms. The number of carbonyl (C=O) groups is 1. The summed E-state index contributed by atoms with van der Waals surface area (Å²) in [5.74, 6) is -0.583. The number of benzene rings is 3. The van der Waals surface area contributed by atoms with Crippen LogP contribution in [0.5, 0.6) is 0 Å². The monoisotopic (exact) mass is 458 g/mol. The van der Waals surface area contributed by atoms with Crippen LogP contribution in [0.3, 0.4) is 0 Å². The van der Waals surface area contributed by atoms with Crippen molar-refractivity contribution in [1.82, 2.24) is 9.80 Å². The molecule has 0 aliphatic carbocycles. The van der Waals surface area contributed by atoms with Crippen LogP contribution in [0.2, 0.25) is 5.02 Å². The fourth-order valence-electron chi connectivity index (χ4n) is 4.16. The predicted octanol–water partition coefficient (Wildman–Crippen LogP) is 5.91. The average molecular weight is 459 g/mol. The van der Waals surface area contributed by atoms with E-state index in [0.29, 0.717) is 31.2 Å². The Hall–Kier alpha value is -2.83. The molecule has 0 aromatic heterocycles. The van der Waals surface area contributed by atoms with Crippen LogP contribution in [0.1, 0.15) is 33.1 Å². The van der Waals surface area contributed by atoms with Gasteiger partial charge in [-0.25, -0.2) is 0 Å². The molecule has 3 aromatic rings. The maximum atomic E-state index is 13.4. The summed E-state index contributed by atoms with van der Waals surface area (Å²) in [5, 5.41) is 0.652. The normalized spacial score (nSPS) is 16.1. The number of rotatable bonds is 4. The van der Waals surface area contributed by atoms with E-state index in [0.717, 1.165) is 17.2 Å². The third-order valence-corrected chi connectivity index (χ3v) is 5.98. The first kappa shape index (κ1) is 22.4. The molecule has 1 atom stereocenters. The number of carbonyl (C=O) groups excluding carboxylic acids is 1. The quantitative estimate of drug-likeness (QED) is 0.485. The van der Waals surface area contributed by atoms with Crippen molar-refractivity contribution < 1.29 is 18.0 Å². The second-order valence-corrected chi connectivity index (χ2v) is 8.17. The highest BCUT2D eigenvalue weighted by molar-refractivity contribution is 6.30. The Morgan fingerprint density at radius 3 is 1.97 bits per heavy atom. The summed E-state index contributed by atoms with van der Waals surface area (Å²) in [6, 6.07) is 22.6. The zero-order valence-corrected chi connectivity index (χ0v) is 18.0. The average Bonchev–Trinajstić information content (AvgIpc) is 2.81. The summed E-state index contributed by atoms with van der Waals surface area (Å²) in [5.41, 5.74) is 0.987. The second kappa shape index (κ2) is 9.35. The molecule has 0 spiro atoms. The molecular formula is C25H22ClF3N2O. The van der Waals surface area contributed by atoms with Gasteiger partial charge in [0.05, 0.1) is 17.2 Å². The molecule has 1 saturated heterocycles. The van der Waals surface area contributed by atoms with E-state index in [9.17, 15) is 18.0 Å². The van der Waals surface area contributed by atoms with Crippen molar-refractivity contribution in [2.24, 2.45) is 0 Å². The van der Waals surface area contributed by atoms with Gasteiger partial charge in [-0.2, -0.15) is 13.2 Å². The van der Waals surface area contributed by atoms with Crippen molar-refractivity contribution in [3.05, 3.63) is 106 Å². The van der Waals surface area contributed by atoms with Crippen LogP contribution >= 0.6 is 11.6 Å². The van der Waals surface area contributed by atoms with Gasteiger partial charge in [0.25, 0.3) is 5.91 Å². The number of hydrogen-bond acceptors (Lipinski definition) is 2. The molecule has 1 aliphatic heterocycles. The van der Waals surface area contributed by atoms with E-state index in [4.69, 9.17) is 11.6 Å². The Morgan fingerprint density at radius 2 is 1.34 bits per heavy atom. The lowest BCUT2D eigenvalue weighted by atomic mass is 9.96. The van der Waals surface area contributed by atoms with Gasteiger partial charge in [-0.1, -0.05) is 66.2 Å². The number of amides is 1. The number of hydrogen-bond donors (Lipinski definition) is 0. The van der Waals surface area contributed by atoms with Gasteiger partial charge in [0.15, 0.2) is 0 Å². The minimum atomic E-state index is -4.57. The highest BCUT2D eigenvalue weighted by Crippen LogP contribution is 2.33. The minimum Gasteiger partial charge on any atom is -0.336 e. The molecule has 1 fully saturated rings. The Kier molecular flexibility index (Phi) is 6.53. The smallest absolute Gasteiger partial charge is 0.336 e. The van der Waals surface area contributed by atoms with E-state index in [-0.39, 0.29) is 11.6 Å². The molecule has 0 radical (unpaired) electrons. The molecule has 7 heteroatoms. The van der Waals surface area contributed by atoms with E-state index in [1.54, 1.807) is 0 Å². The van der Waals surface area contributed by atoms with E-state index in [1.807, 2.05) is 42.5 Å². The van der Waals surface area contributed by atoms with Crippen molar-refractivity contribution >= 4 is 17.5 Å². The van der Waals surface area contributed by atoms with Gasteiger partial charge < -0.3 is 4.90 Å². The zero-order chi connectivity index (χ0) is 22.7. The van der Waals surface area contributed by atoms with E-state index in [2.05, 4.69) is 17.0 Å². The van der Waals surface area contributed by atoms with Crippen LogP contribution in [0.4, 0.5) is 13.2 Å². The number of alkyl halides is 3. The summed E-state index contributed by atoms with van der Waals surface area (Å²) in [7, 11) is 0. The first-order valence-corrected chi connectivity index (χ1v) is 10.7. The molecule has 0 N–H and O–H groups in total. The van der Waals surface area contributed by atoms with E-state index >= 15 is 0 Å². The summed E-state index contributed by atoms with van der Waals surface area (Å²) >= 11 is 6.07. The summed E-state index contributed by atoms with van der Waals surface area (Å²) < 4.78 is 40.1. The maximum Gasteiger partial charge on any atom is 0.417 e. The number of nitrogens with zero attached hydrogens (tertiary/aromatic N) is 2. The zero-order valence-electron chi connectivity index (χ0n) is 17.2. The Bertz CT molecular complexity index is 1060. The van der Waals surface area contributed by atoms with Crippen LogP contribution in [0.15, 0.2) is 78.9 Å². The molecule has 1 heterocycles. The lowest BCUT2D eigenvalue weighted by Crippen LogP contribution is -2.50. The molecular weight excluding hydrogens is 437 g/mol. The first-order valence-electron chi connectivity index (χ1n) is 10.3. The highest BCUT2D eigenvalue weighted by Gasteiger charge is 2.37. The van der Waals surface area contributed by atoms with E-state index < -0.39 is 17.6 Å². The largest absolute Gasteiger partial charge is 0.417 e. The molecule has 0 unspecified atom stereocenters. The molecule has 0 saturated carbocycles. The van der Waals surface area contributed by atoms with Gasteiger partial charge in [-0.3, -0.25) is 9.69 Å². The van der Waals surface area contributed by atoms with Crippen LogP contribution in [0, 0.1) is 0 Å². The highest BCUT2D eigenvalue weighted by atomic mass is 35.5. The fraction of sp³-hybridized carbons (Fsp3) is 0.240. The standard InChI is InChI=1S/C25H22ClF3N2O/c26-20-12-10-19(11-13-20)23(18-6-2-1-3-7-18)30-14-16-31(17-15-30)24(32)21-8-4-5-9-22(21)25(27,28)29/h1-13,23H,14-17H2/t23-/m1/s1. The third-order valence-electron chi connectivity index (χ3n) is 5.73. The second-order valence-electron chi connectivity index (χ2n) is 7.74. The van der Waals surface area contributed by atoms with Crippen molar-refractivity contribution in [3.63, 3.8) is 0 Å². The van der Waals surface area contributed by atoms with Crippen molar-refractivity contribution in [2.75, 3.05) is 26.2 Å². The Balaban J connectivity index is 1.54. The maximum absolute atomic E-state index is 13.4. The molecule has 166 valence electrons. The van der Waals surface area contributed by atoms with E-state index in [1.165, 1.54) is 23.1 Å². The van der Waals surface area contributed by atoms with Crippen LogP contribution in [-0.2, 0) is 6.18 Å². The van der Waals surface area contributed by atoms with Crippen LogP contribution in [0.25, 0.3) is 0 Å². The summed E-state index contributed by atoms with van der Waals surface area (Å²) in [4.78, 5) is 16.7. The minimum absolute atomic E-state index is 0.0341. The topological polar surface area (TPSA) is 23.6 Å². The van der Waals surface area contributed by atoms with Gasteiger partial charge in [0, 0.05) is 31.2 Å². The van der Waals surface area contributed by atoms with Crippen LogP contribution < -0.4 is 0 Å². The third kappa shape index (κ3) is 4.81. The lowest BCUT2D eigenvalue weighted by Gasteiger charge is -2.40. The summed E-state index contributed by atoms with van der Waals surface area (Å²) in [6.07, 6.45) is -4.57. The fourth-order valence-corrected chi connectivity index (χ4v) is 4.29. The van der Waals surface area contributed by atoms with Gasteiger partial charge in [0.2, 0.25) is 0 Å². The molecule has 4 rings (SSSR count).